The predicted octanol–water partition coefficient (Wildman–Crippen LogP) is 1.37. The second-order valence-electron chi connectivity index (χ2n) is 0.561. The molecule has 0 aromatic heterocycles. The predicted molar refractivity (Wildman–Crippen MR) is 26.5 cm³/mol. The third-order valence-electron chi connectivity index (χ3n) is 0.263. The Morgan fingerprint density at radius 2 is 2.60 bits per heavy atom. The van der Waals surface area contributed by atoms with Crippen molar-refractivity contribution in [1.82, 2.24) is 4.72 Å². The topological polar surface area (TPSA) is 14.1 Å². The first-order valence-electron chi connectivity index (χ1n) is 1.18. The Kier molecular flexibility index (Phi) is 1.11. The monoisotopic (exact) mass is 104 g/mol. The van der Waals surface area contributed by atoms with Crippen LogP contribution in [-0.2, 0) is 0 Å². The highest BCUT2D eigenvalue weighted by molar-refractivity contribution is 8.77. The van der Waals surface area contributed by atoms with Crippen molar-refractivity contribution < 1.29 is 0 Å². The molecular formula is C2H2NS2. The molecule has 0 fully saturated rings. The van der Waals surface area contributed by atoms with Crippen LogP contribution in [0.15, 0.2) is 11.6 Å². The molecule has 0 atom stereocenters. The van der Waals surface area contributed by atoms with E-state index in [0.717, 1.165) is 0 Å². The Bertz CT molecular complexity index is 45.6. The van der Waals surface area contributed by atoms with Gasteiger partial charge < -0.3 is 0 Å². The van der Waals surface area contributed by atoms with Gasteiger partial charge in [-0.2, -0.15) is 0 Å². The number of nitrogens with zero attached hydrogens (tertiary/aromatic N) is 1. The van der Waals surface area contributed by atoms with E-state index in [1.165, 1.54) is 11.0 Å². The first kappa shape index (κ1) is 3.43. The van der Waals surface area contributed by atoms with Crippen LogP contribution in [0.3, 0.4) is 0 Å². The summed E-state index contributed by atoms with van der Waals surface area (Å²) in [7, 11) is 3.15. The molecule has 5 heavy (non-hydrogen) atoms. The Morgan fingerprint density at radius 3 is 2.80 bits per heavy atom. The summed E-state index contributed by atoms with van der Waals surface area (Å²) < 4.78 is 3.78. The summed E-state index contributed by atoms with van der Waals surface area (Å²) in [6.07, 6.45) is 1.79. The number of hydrogen-bond acceptors (Lipinski definition) is 2. The lowest BCUT2D eigenvalue weighted by atomic mass is 11.1. The van der Waals surface area contributed by atoms with Crippen molar-refractivity contribution >= 4 is 21.8 Å². The summed E-state index contributed by atoms with van der Waals surface area (Å²) in [6, 6.07) is 0. The van der Waals surface area contributed by atoms with Crippen molar-refractivity contribution in [2.75, 3.05) is 0 Å². The summed E-state index contributed by atoms with van der Waals surface area (Å²) in [4.78, 5) is 0. The smallest absolute Gasteiger partial charge is 0.0481 e. The summed E-state index contributed by atoms with van der Waals surface area (Å²) >= 11 is 0. The molecule has 3 heteroatoms. The molecule has 0 aromatic carbocycles. The highest BCUT2D eigenvalue weighted by Crippen LogP contribution is 2.24. The lowest BCUT2D eigenvalue weighted by Crippen LogP contribution is -1.62. The first-order valence-corrected chi connectivity index (χ1v) is 3.35. The second kappa shape index (κ2) is 1.62. The standard InChI is InChI=1S/C2H2NS2/c1-2-4-5-3-1/h1-2H. The Balaban J connectivity index is 2.32. The van der Waals surface area contributed by atoms with Crippen LogP contribution >= 0.6 is 21.8 Å². The van der Waals surface area contributed by atoms with E-state index >= 15 is 0 Å². The summed E-state index contributed by atoms with van der Waals surface area (Å²) in [6.45, 7) is 0. The lowest BCUT2D eigenvalue weighted by molar-refractivity contribution is 1.43. The second-order valence-corrected chi connectivity index (χ2v) is 2.41. The maximum Gasteiger partial charge on any atom is 0.0481 e. The molecule has 1 aliphatic rings. The molecule has 1 rings (SSSR count). The van der Waals surface area contributed by atoms with Gasteiger partial charge in [-0.15, -0.1) is 0 Å². The fourth-order valence-electron chi connectivity index (χ4n) is 0.124. The average Bonchev–Trinajstić information content (AvgIpc) is 1.76. The van der Waals surface area contributed by atoms with Crippen LogP contribution in [0.2, 0.25) is 0 Å². The molecule has 1 heterocycles. The largest absolute Gasteiger partial charge is 0.212 e. The Labute approximate surface area is 38.7 Å². The molecule has 1 aliphatic heterocycles. The molecule has 27 valence electrons. The van der Waals surface area contributed by atoms with E-state index in [0.29, 0.717) is 0 Å². The Morgan fingerprint density at radius 1 is 1.60 bits per heavy atom. The van der Waals surface area contributed by atoms with Crippen molar-refractivity contribution in [3.63, 3.8) is 0 Å². The molecular weight excluding hydrogens is 102 g/mol. The van der Waals surface area contributed by atoms with Gasteiger partial charge in [-0.3, -0.25) is 0 Å². The zero-order valence-corrected chi connectivity index (χ0v) is 4.05. The molecule has 0 N–H and O–H groups in total. The minimum atomic E-state index is 1.50. The minimum Gasteiger partial charge on any atom is -0.212 e. The van der Waals surface area contributed by atoms with Gasteiger partial charge in [0.1, 0.15) is 0 Å². The lowest BCUT2D eigenvalue weighted by Gasteiger charge is -1.70. The molecule has 0 unspecified atom stereocenters. The van der Waals surface area contributed by atoms with E-state index < -0.39 is 0 Å². The van der Waals surface area contributed by atoms with Gasteiger partial charge in [0.15, 0.2) is 0 Å². The molecule has 0 aliphatic carbocycles. The Hall–Kier alpha value is 0.240. The van der Waals surface area contributed by atoms with Crippen LogP contribution in [0.1, 0.15) is 0 Å². The summed E-state index contributed by atoms with van der Waals surface area (Å²) in [5.41, 5.74) is 0. The van der Waals surface area contributed by atoms with Gasteiger partial charge >= 0.3 is 0 Å². The van der Waals surface area contributed by atoms with Crippen molar-refractivity contribution in [1.29, 1.82) is 0 Å². The maximum atomic E-state index is 3.78. The molecule has 0 aromatic rings. The van der Waals surface area contributed by atoms with E-state index in [-0.39, 0.29) is 0 Å². The van der Waals surface area contributed by atoms with Crippen LogP contribution in [-0.4, -0.2) is 0 Å². The fourth-order valence-corrected chi connectivity index (χ4v) is 1.12. The van der Waals surface area contributed by atoms with E-state index in [1.54, 1.807) is 17.0 Å². The molecule has 0 saturated heterocycles. The zero-order valence-electron chi connectivity index (χ0n) is 2.42. The highest BCUT2D eigenvalue weighted by Gasteiger charge is 1.86. The quantitative estimate of drug-likeness (QED) is 0.340. The van der Waals surface area contributed by atoms with Crippen LogP contribution < -0.4 is 4.72 Å². The fraction of sp³-hybridized carbons (Fsp3) is 0. The van der Waals surface area contributed by atoms with Gasteiger partial charge in [0, 0.05) is 22.6 Å². The highest BCUT2D eigenvalue weighted by atomic mass is 33.1. The zero-order chi connectivity index (χ0) is 3.54. The van der Waals surface area contributed by atoms with Gasteiger partial charge in [0.05, 0.1) is 0 Å². The third-order valence-corrected chi connectivity index (χ3v) is 1.64. The number of hydrogen-bond donors (Lipinski definition) is 0. The molecule has 1 radical (unpaired) electrons. The minimum absolute atomic E-state index is 1.50. The van der Waals surface area contributed by atoms with Crippen molar-refractivity contribution in [2.24, 2.45) is 0 Å². The van der Waals surface area contributed by atoms with Crippen LogP contribution in [0.25, 0.3) is 0 Å². The third kappa shape index (κ3) is 0.775. The summed E-state index contributed by atoms with van der Waals surface area (Å²) in [5, 5.41) is 1.95. The van der Waals surface area contributed by atoms with Crippen molar-refractivity contribution in [3.8, 4) is 0 Å². The van der Waals surface area contributed by atoms with E-state index in [4.69, 9.17) is 0 Å². The normalized spacial score (nSPS) is 19.2. The molecule has 0 bridgehead atoms. The van der Waals surface area contributed by atoms with E-state index in [9.17, 15) is 0 Å². The number of rotatable bonds is 0. The van der Waals surface area contributed by atoms with Crippen molar-refractivity contribution in [3.05, 3.63) is 11.6 Å². The first-order chi connectivity index (χ1) is 2.50. The van der Waals surface area contributed by atoms with Gasteiger partial charge in [-0.05, 0) is 10.8 Å². The maximum absolute atomic E-state index is 3.78. The van der Waals surface area contributed by atoms with Gasteiger partial charge in [0.25, 0.3) is 0 Å². The molecule has 0 amide bonds. The van der Waals surface area contributed by atoms with Crippen molar-refractivity contribution in [2.45, 2.75) is 0 Å². The molecule has 0 saturated carbocycles. The van der Waals surface area contributed by atoms with Crippen LogP contribution in [0.4, 0.5) is 0 Å². The average molecular weight is 104 g/mol. The van der Waals surface area contributed by atoms with Gasteiger partial charge in [-0.25, -0.2) is 4.72 Å². The van der Waals surface area contributed by atoms with E-state index in [2.05, 4.69) is 4.72 Å². The molecule has 1 nitrogen and oxygen atoms in total. The van der Waals surface area contributed by atoms with Crippen LogP contribution in [0, 0.1) is 0 Å². The molecule has 0 spiro atoms. The van der Waals surface area contributed by atoms with E-state index in [1.807, 2.05) is 5.41 Å². The summed E-state index contributed by atoms with van der Waals surface area (Å²) in [5.74, 6) is 0. The van der Waals surface area contributed by atoms with Gasteiger partial charge in [-0.1, -0.05) is 0 Å². The van der Waals surface area contributed by atoms with Gasteiger partial charge in [0.2, 0.25) is 0 Å². The SMILES string of the molecule is C1=CSS[N]1. The van der Waals surface area contributed by atoms with Crippen LogP contribution in [0.5, 0.6) is 0 Å².